The second-order valence-electron chi connectivity index (χ2n) is 7.53. The molecule has 5 nitrogen and oxygen atoms in total. The number of likely N-dealkylation sites (N-methyl/N-ethyl adjacent to an activating group) is 1. The second kappa shape index (κ2) is 11.1. The number of hydrogen-bond donors (Lipinski definition) is 1. The smallest absolute Gasteiger partial charge is 0.277 e. The normalized spacial score (nSPS) is 15.0. The van der Waals surface area contributed by atoms with Crippen LogP contribution in [-0.2, 0) is 4.79 Å². The average molecular weight is 482 g/mol. The quantitative estimate of drug-likeness (QED) is 0.459. The molecule has 1 aliphatic heterocycles. The number of carbonyl (C=O) groups is 2. The molecule has 0 spiro atoms. The van der Waals surface area contributed by atoms with E-state index < -0.39 is 0 Å². The van der Waals surface area contributed by atoms with E-state index in [0.717, 1.165) is 35.0 Å². The van der Waals surface area contributed by atoms with E-state index in [4.69, 9.17) is 23.2 Å². The van der Waals surface area contributed by atoms with Crippen LogP contribution in [0.2, 0.25) is 10.0 Å². The third-order valence-electron chi connectivity index (χ3n) is 4.93. The van der Waals surface area contributed by atoms with Crippen molar-refractivity contribution in [1.29, 1.82) is 0 Å². The standard InChI is InChI=1S/C23H29Cl2N3O2S/c1-7-8-9-20(31-13-19(29)16-10-11-17(24)18(25)12-16)26-21-15(4)27(5)22(14(2)3)28(6)23(21)30/h9-12,26H,7-8,13H2,1-6H3/b20-9-. The van der Waals surface area contributed by atoms with Crippen LogP contribution in [0.15, 0.2) is 52.1 Å². The van der Waals surface area contributed by atoms with Gasteiger partial charge in [0.15, 0.2) is 5.78 Å². The lowest BCUT2D eigenvalue weighted by Gasteiger charge is -2.38. The summed E-state index contributed by atoms with van der Waals surface area (Å²) < 4.78 is 0. The molecule has 1 aliphatic rings. The van der Waals surface area contributed by atoms with Gasteiger partial charge in [-0.25, -0.2) is 0 Å². The van der Waals surface area contributed by atoms with Crippen LogP contribution >= 0.6 is 35.0 Å². The Labute approximate surface area is 199 Å². The molecule has 2 rings (SSSR count). The summed E-state index contributed by atoms with van der Waals surface area (Å²) in [5.74, 6) is 0.918. The Kier molecular flexibility index (Phi) is 9.10. The van der Waals surface area contributed by atoms with Gasteiger partial charge in [0.25, 0.3) is 5.91 Å². The predicted molar refractivity (Wildman–Crippen MR) is 131 cm³/mol. The molecule has 1 N–H and O–H groups in total. The summed E-state index contributed by atoms with van der Waals surface area (Å²) in [6.45, 7) is 7.97. The number of nitrogens with one attached hydrogen (secondary N) is 1. The van der Waals surface area contributed by atoms with Crippen LogP contribution in [0.25, 0.3) is 0 Å². The van der Waals surface area contributed by atoms with Crippen molar-refractivity contribution in [3.05, 3.63) is 67.7 Å². The van der Waals surface area contributed by atoms with Gasteiger partial charge in [0, 0.05) is 25.4 Å². The monoisotopic (exact) mass is 481 g/mol. The Hall–Kier alpha value is -1.89. The molecule has 0 radical (unpaired) electrons. The van der Waals surface area contributed by atoms with E-state index in [9.17, 15) is 9.59 Å². The van der Waals surface area contributed by atoms with E-state index >= 15 is 0 Å². The molecule has 1 aromatic rings. The Morgan fingerprint density at radius 2 is 1.84 bits per heavy atom. The van der Waals surface area contributed by atoms with Gasteiger partial charge in [-0.3, -0.25) is 14.5 Å². The van der Waals surface area contributed by atoms with E-state index in [2.05, 4.69) is 12.2 Å². The van der Waals surface area contributed by atoms with Crippen molar-refractivity contribution in [1.82, 2.24) is 15.1 Å². The number of benzene rings is 1. The van der Waals surface area contributed by atoms with Crippen LogP contribution in [0, 0.1) is 0 Å². The number of halogens is 2. The highest BCUT2D eigenvalue weighted by molar-refractivity contribution is 8.03. The summed E-state index contributed by atoms with van der Waals surface area (Å²) in [4.78, 5) is 29.3. The fourth-order valence-electron chi connectivity index (χ4n) is 3.23. The summed E-state index contributed by atoms with van der Waals surface area (Å²) in [6, 6.07) is 4.87. The fraction of sp³-hybridized carbons (Fsp3) is 0.391. The zero-order valence-corrected chi connectivity index (χ0v) is 21.1. The summed E-state index contributed by atoms with van der Waals surface area (Å²) in [7, 11) is 3.71. The van der Waals surface area contributed by atoms with Crippen molar-refractivity contribution >= 4 is 46.7 Å². The molecular weight excluding hydrogens is 453 g/mol. The summed E-state index contributed by atoms with van der Waals surface area (Å²) in [5.41, 5.74) is 2.90. The Bertz CT molecular complexity index is 966. The first-order valence-corrected chi connectivity index (χ1v) is 11.8. The largest absolute Gasteiger partial charge is 0.345 e. The fourth-order valence-corrected chi connectivity index (χ4v) is 4.39. The number of Topliss-reactive ketones (excluding diaryl/α,β-unsaturated/α-hetero) is 1. The molecule has 0 aliphatic carbocycles. The lowest BCUT2D eigenvalue weighted by Crippen LogP contribution is -2.44. The van der Waals surface area contributed by atoms with Crippen molar-refractivity contribution in [2.45, 2.75) is 40.5 Å². The van der Waals surface area contributed by atoms with E-state index in [0.29, 0.717) is 21.3 Å². The molecule has 0 saturated heterocycles. The molecule has 168 valence electrons. The molecule has 0 bridgehead atoms. The van der Waals surface area contributed by atoms with E-state index in [-0.39, 0.29) is 17.4 Å². The molecule has 8 heteroatoms. The SMILES string of the molecule is CCC/C=C(/NC1=C(C)N(C)C(=C(C)C)N(C)C1=O)SCC(=O)c1ccc(Cl)c(Cl)c1. The van der Waals surface area contributed by atoms with E-state index in [1.807, 2.05) is 38.8 Å². The minimum absolute atomic E-state index is 0.0606. The van der Waals surface area contributed by atoms with Crippen LogP contribution in [0.3, 0.4) is 0 Å². The lowest BCUT2D eigenvalue weighted by molar-refractivity contribution is -0.126. The van der Waals surface area contributed by atoms with Crippen LogP contribution in [0.4, 0.5) is 0 Å². The van der Waals surface area contributed by atoms with Crippen LogP contribution in [0.1, 0.15) is 50.9 Å². The second-order valence-corrected chi connectivity index (χ2v) is 9.36. The molecule has 31 heavy (non-hydrogen) atoms. The van der Waals surface area contributed by atoms with Crippen LogP contribution in [-0.4, -0.2) is 41.3 Å². The van der Waals surface area contributed by atoms with Gasteiger partial charge in [-0.2, -0.15) is 0 Å². The van der Waals surface area contributed by atoms with E-state index in [1.54, 1.807) is 30.1 Å². The molecule has 0 unspecified atom stereocenters. The topological polar surface area (TPSA) is 52.6 Å². The molecule has 1 heterocycles. The van der Waals surface area contributed by atoms with Crippen molar-refractivity contribution in [2.24, 2.45) is 0 Å². The van der Waals surface area contributed by atoms with Gasteiger partial charge in [-0.1, -0.05) is 42.6 Å². The Morgan fingerprint density at radius 3 is 2.42 bits per heavy atom. The van der Waals surface area contributed by atoms with Crippen molar-refractivity contribution < 1.29 is 9.59 Å². The van der Waals surface area contributed by atoms with E-state index in [1.165, 1.54) is 11.8 Å². The average Bonchev–Trinajstić information content (AvgIpc) is 2.72. The molecule has 0 aromatic heterocycles. The Morgan fingerprint density at radius 1 is 1.16 bits per heavy atom. The first kappa shape index (κ1) is 25.4. The highest BCUT2D eigenvalue weighted by atomic mass is 35.5. The highest BCUT2D eigenvalue weighted by Crippen LogP contribution is 2.29. The van der Waals surface area contributed by atoms with Crippen molar-refractivity contribution in [3.63, 3.8) is 0 Å². The Balaban J connectivity index is 2.23. The zero-order chi connectivity index (χ0) is 23.3. The maximum atomic E-state index is 13.0. The number of rotatable bonds is 8. The van der Waals surface area contributed by atoms with Gasteiger partial charge in [-0.15, -0.1) is 11.8 Å². The van der Waals surface area contributed by atoms with Gasteiger partial charge in [-0.05, 0) is 51.0 Å². The minimum Gasteiger partial charge on any atom is -0.345 e. The molecular formula is C23H29Cl2N3O2S. The number of ketones is 1. The number of amides is 1. The van der Waals surface area contributed by atoms with Crippen molar-refractivity contribution in [3.8, 4) is 0 Å². The number of allylic oxidation sites excluding steroid dienone is 3. The number of carbonyl (C=O) groups excluding carboxylic acids is 2. The first-order valence-electron chi connectivity index (χ1n) is 10.1. The highest BCUT2D eigenvalue weighted by Gasteiger charge is 2.31. The summed E-state index contributed by atoms with van der Waals surface area (Å²) >= 11 is 13.4. The molecule has 0 atom stereocenters. The van der Waals surface area contributed by atoms with Crippen molar-refractivity contribution in [2.75, 3.05) is 19.8 Å². The van der Waals surface area contributed by atoms with Gasteiger partial charge >= 0.3 is 0 Å². The molecule has 1 aromatic carbocycles. The minimum atomic E-state index is -0.106. The van der Waals surface area contributed by atoms with Gasteiger partial charge in [0.1, 0.15) is 11.5 Å². The summed E-state index contributed by atoms with van der Waals surface area (Å²) in [5, 5.41) is 4.83. The predicted octanol–water partition coefficient (Wildman–Crippen LogP) is 6.03. The first-order chi connectivity index (χ1) is 14.6. The summed E-state index contributed by atoms with van der Waals surface area (Å²) in [6.07, 6.45) is 3.82. The van der Waals surface area contributed by atoms with Gasteiger partial charge < -0.3 is 10.2 Å². The molecule has 0 saturated carbocycles. The number of hydrogen-bond acceptors (Lipinski definition) is 5. The molecule has 0 fully saturated rings. The van der Waals surface area contributed by atoms with Gasteiger partial charge in [0.05, 0.1) is 20.8 Å². The van der Waals surface area contributed by atoms with Crippen LogP contribution < -0.4 is 5.32 Å². The number of thioether (sulfide) groups is 1. The third kappa shape index (κ3) is 6.09. The zero-order valence-electron chi connectivity index (χ0n) is 18.8. The maximum Gasteiger partial charge on any atom is 0.277 e. The maximum absolute atomic E-state index is 13.0. The molecule has 1 amide bonds. The lowest BCUT2D eigenvalue weighted by atomic mass is 10.1. The number of unbranched alkanes of at least 4 members (excludes halogenated alkanes) is 1. The third-order valence-corrected chi connectivity index (χ3v) is 6.66. The van der Waals surface area contributed by atoms with Crippen LogP contribution in [0.5, 0.6) is 0 Å². The number of nitrogens with zero attached hydrogens (tertiary/aromatic N) is 2. The van der Waals surface area contributed by atoms with Gasteiger partial charge in [0.2, 0.25) is 0 Å².